The van der Waals surface area contributed by atoms with E-state index in [0.717, 1.165) is 0 Å². The largest absolute Gasteiger partial charge is 0.481 e. The van der Waals surface area contributed by atoms with E-state index < -0.39 is 11.9 Å². The van der Waals surface area contributed by atoms with E-state index in [9.17, 15) is 9.59 Å². The third-order valence-electron chi connectivity index (χ3n) is 2.27. The Bertz CT molecular complexity index is 228. The number of ether oxygens (including phenoxy) is 2. The van der Waals surface area contributed by atoms with Crippen LogP contribution in [0.25, 0.3) is 0 Å². The van der Waals surface area contributed by atoms with E-state index in [0.29, 0.717) is 39.5 Å². The van der Waals surface area contributed by atoms with E-state index >= 15 is 0 Å². The molecule has 0 spiro atoms. The van der Waals surface area contributed by atoms with Gasteiger partial charge in [-0.05, 0) is 0 Å². The molecule has 0 radical (unpaired) electrons. The van der Waals surface area contributed by atoms with Gasteiger partial charge in [-0.1, -0.05) is 0 Å². The van der Waals surface area contributed by atoms with Crippen LogP contribution in [0.3, 0.4) is 0 Å². The maximum Gasteiger partial charge on any atom is 0.304 e. The highest BCUT2D eigenvalue weighted by molar-refractivity contribution is 5.67. The standard InChI is InChI=1S/C11H21NO6/c1-17-8-9-18-7-6-12(4-2-10(13)14)5-3-11(15)16/h2-9H2,1H3,(H,13,14)(H,15,16). The van der Waals surface area contributed by atoms with Gasteiger partial charge < -0.3 is 19.7 Å². The maximum absolute atomic E-state index is 10.5. The number of nitrogens with zero attached hydrogens (tertiary/aromatic N) is 1. The van der Waals surface area contributed by atoms with Gasteiger partial charge in [0.15, 0.2) is 0 Å². The van der Waals surface area contributed by atoms with Gasteiger partial charge in [-0.3, -0.25) is 14.5 Å². The van der Waals surface area contributed by atoms with Crippen molar-refractivity contribution in [2.75, 3.05) is 46.6 Å². The fraction of sp³-hybridized carbons (Fsp3) is 0.818. The Morgan fingerprint density at radius 2 is 1.50 bits per heavy atom. The molecule has 18 heavy (non-hydrogen) atoms. The molecule has 0 bridgehead atoms. The number of carbonyl (C=O) groups is 2. The predicted molar refractivity (Wildman–Crippen MR) is 63.6 cm³/mol. The van der Waals surface area contributed by atoms with Crippen molar-refractivity contribution in [2.45, 2.75) is 12.8 Å². The number of aliphatic carboxylic acids is 2. The normalized spacial score (nSPS) is 10.8. The minimum atomic E-state index is -0.893. The van der Waals surface area contributed by atoms with E-state index in [1.807, 2.05) is 0 Å². The summed E-state index contributed by atoms with van der Waals surface area (Å²) in [7, 11) is 1.58. The Morgan fingerprint density at radius 1 is 0.944 bits per heavy atom. The third-order valence-corrected chi connectivity index (χ3v) is 2.27. The molecule has 0 rings (SSSR count). The van der Waals surface area contributed by atoms with Crippen LogP contribution in [-0.4, -0.2) is 73.6 Å². The van der Waals surface area contributed by atoms with Crippen LogP contribution in [0, 0.1) is 0 Å². The molecule has 2 N–H and O–H groups in total. The summed E-state index contributed by atoms with van der Waals surface area (Å²) in [6.45, 7) is 2.59. The molecule has 0 aromatic rings. The monoisotopic (exact) mass is 263 g/mol. The molecular weight excluding hydrogens is 242 g/mol. The van der Waals surface area contributed by atoms with Crippen molar-refractivity contribution in [1.82, 2.24) is 4.90 Å². The Balaban J connectivity index is 3.80. The lowest BCUT2D eigenvalue weighted by atomic mass is 10.3. The molecule has 0 fully saturated rings. The van der Waals surface area contributed by atoms with E-state index in [4.69, 9.17) is 19.7 Å². The predicted octanol–water partition coefficient (Wildman–Crippen LogP) is -0.0992. The molecule has 0 aliphatic heterocycles. The van der Waals surface area contributed by atoms with Gasteiger partial charge in [-0.25, -0.2) is 0 Å². The first-order valence-electron chi connectivity index (χ1n) is 5.79. The second-order valence-corrected chi connectivity index (χ2v) is 3.73. The van der Waals surface area contributed by atoms with Crippen molar-refractivity contribution in [2.24, 2.45) is 0 Å². The lowest BCUT2D eigenvalue weighted by Crippen LogP contribution is -2.32. The summed E-state index contributed by atoms with van der Waals surface area (Å²) in [6, 6.07) is 0. The average Bonchev–Trinajstić information content (AvgIpc) is 2.30. The van der Waals surface area contributed by atoms with Crippen molar-refractivity contribution in [1.29, 1.82) is 0 Å². The zero-order valence-electron chi connectivity index (χ0n) is 10.6. The van der Waals surface area contributed by atoms with Crippen LogP contribution in [-0.2, 0) is 19.1 Å². The van der Waals surface area contributed by atoms with Crippen LogP contribution < -0.4 is 0 Å². The van der Waals surface area contributed by atoms with Gasteiger partial charge in [0, 0.05) is 26.7 Å². The summed E-state index contributed by atoms with van der Waals surface area (Å²) >= 11 is 0. The number of hydrogen-bond acceptors (Lipinski definition) is 5. The smallest absolute Gasteiger partial charge is 0.304 e. The Kier molecular flexibility index (Phi) is 10.2. The molecule has 0 amide bonds. The molecule has 0 unspecified atom stereocenters. The molecule has 0 aromatic carbocycles. The van der Waals surface area contributed by atoms with E-state index in [1.165, 1.54) is 0 Å². The van der Waals surface area contributed by atoms with E-state index in [1.54, 1.807) is 12.0 Å². The Labute approximate surface area is 106 Å². The Morgan fingerprint density at radius 3 is 1.94 bits per heavy atom. The lowest BCUT2D eigenvalue weighted by Gasteiger charge is -2.20. The van der Waals surface area contributed by atoms with Crippen LogP contribution in [0.2, 0.25) is 0 Å². The van der Waals surface area contributed by atoms with E-state index in [-0.39, 0.29) is 12.8 Å². The topological polar surface area (TPSA) is 96.3 Å². The molecule has 0 aliphatic carbocycles. The highest BCUT2D eigenvalue weighted by atomic mass is 16.5. The summed E-state index contributed by atoms with van der Waals surface area (Å²) in [4.78, 5) is 22.7. The second kappa shape index (κ2) is 10.9. The van der Waals surface area contributed by atoms with Crippen LogP contribution in [0.1, 0.15) is 12.8 Å². The zero-order valence-corrected chi connectivity index (χ0v) is 10.6. The lowest BCUT2D eigenvalue weighted by molar-refractivity contribution is -0.137. The van der Waals surface area contributed by atoms with Gasteiger partial charge in [-0.15, -0.1) is 0 Å². The summed E-state index contributed by atoms with van der Waals surface area (Å²) in [5.74, 6) is -1.79. The first-order chi connectivity index (χ1) is 8.56. The number of carboxylic acids is 2. The Hall–Kier alpha value is -1.18. The van der Waals surface area contributed by atoms with Gasteiger partial charge in [0.05, 0.1) is 32.7 Å². The SMILES string of the molecule is COCCOCCN(CCC(=O)O)CCC(=O)O. The van der Waals surface area contributed by atoms with Crippen molar-refractivity contribution in [3.63, 3.8) is 0 Å². The highest BCUT2D eigenvalue weighted by Gasteiger charge is 2.09. The fourth-order valence-electron chi connectivity index (χ4n) is 1.28. The van der Waals surface area contributed by atoms with Gasteiger partial charge in [0.2, 0.25) is 0 Å². The van der Waals surface area contributed by atoms with Crippen LogP contribution in [0.4, 0.5) is 0 Å². The molecule has 7 heteroatoms. The molecular formula is C11H21NO6. The van der Waals surface area contributed by atoms with Gasteiger partial charge in [0.25, 0.3) is 0 Å². The quantitative estimate of drug-likeness (QED) is 0.475. The number of hydrogen-bond donors (Lipinski definition) is 2. The van der Waals surface area contributed by atoms with E-state index in [2.05, 4.69) is 0 Å². The van der Waals surface area contributed by atoms with Crippen molar-refractivity contribution in [3.8, 4) is 0 Å². The minimum absolute atomic E-state index is 0.00229. The molecule has 0 atom stereocenters. The van der Waals surface area contributed by atoms with Gasteiger partial charge >= 0.3 is 11.9 Å². The van der Waals surface area contributed by atoms with Crippen LogP contribution in [0.15, 0.2) is 0 Å². The van der Waals surface area contributed by atoms with Crippen molar-refractivity contribution >= 4 is 11.9 Å². The second-order valence-electron chi connectivity index (χ2n) is 3.73. The molecule has 0 saturated carbocycles. The third kappa shape index (κ3) is 11.3. The van der Waals surface area contributed by atoms with Crippen LogP contribution in [0.5, 0.6) is 0 Å². The molecule has 0 aromatic heterocycles. The van der Waals surface area contributed by atoms with Gasteiger partial charge in [-0.2, -0.15) is 0 Å². The van der Waals surface area contributed by atoms with Crippen LogP contribution >= 0.6 is 0 Å². The highest BCUT2D eigenvalue weighted by Crippen LogP contribution is 1.95. The van der Waals surface area contributed by atoms with Gasteiger partial charge in [0.1, 0.15) is 0 Å². The number of carboxylic acid groups (broad SMARTS) is 2. The molecule has 0 saturated heterocycles. The molecule has 0 aliphatic rings. The molecule has 0 heterocycles. The fourth-order valence-corrected chi connectivity index (χ4v) is 1.28. The molecule has 106 valence electrons. The molecule has 7 nitrogen and oxygen atoms in total. The summed E-state index contributed by atoms with van der Waals surface area (Å²) < 4.78 is 10.1. The summed E-state index contributed by atoms with van der Waals surface area (Å²) in [6.07, 6.45) is -0.00458. The maximum atomic E-state index is 10.5. The first-order valence-corrected chi connectivity index (χ1v) is 5.79. The summed E-state index contributed by atoms with van der Waals surface area (Å²) in [5, 5.41) is 17.2. The zero-order chi connectivity index (χ0) is 13.8. The van der Waals surface area contributed by atoms with Crippen molar-refractivity contribution < 1.29 is 29.3 Å². The summed E-state index contributed by atoms with van der Waals surface area (Å²) in [5.41, 5.74) is 0. The number of methoxy groups -OCH3 is 1. The average molecular weight is 263 g/mol. The minimum Gasteiger partial charge on any atom is -0.481 e. The first kappa shape index (κ1) is 16.8. The van der Waals surface area contributed by atoms with Crippen molar-refractivity contribution in [3.05, 3.63) is 0 Å². The number of rotatable bonds is 12.